The summed E-state index contributed by atoms with van der Waals surface area (Å²) < 4.78 is 0. The number of urea groups is 1. The lowest BCUT2D eigenvalue weighted by atomic mass is 10.1. The first-order chi connectivity index (χ1) is 11.2. The highest BCUT2D eigenvalue weighted by Crippen LogP contribution is 2.28. The van der Waals surface area contributed by atoms with Gasteiger partial charge in [0.1, 0.15) is 0 Å². The van der Waals surface area contributed by atoms with E-state index >= 15 is 0 Å². The molecule has 126 valence electrons. The quantitative estimate of drug-likeness (QED) is 0.753. The van der Waals surface area contributed by atoms with Crippen molar-refractivity contribution >= 4 is 23.3 Å². The predicted octanol–water partition coefficient (Wildman–Crippen LogP) is 2.32. The third-order valence-electron chi connectivity index (χ3n) is 3.83. The van der Waals surface area contributed by atoms with E-state index in [1.165, 1.54) is 19.3 Å². The molecule has 0 saturated carbocycles. The first-order valence-corrected chi connectivity index (χ1v) is 8.36. The smallest absolute Gasteiger partial charge is 0.319 e. The minimum atomic E-state index is -0.360. The number of nitrogens with one attached hydrogen (secondary N) is 3. The number of carbonyl (C=O) groups excluding carboxylic acids is 2. The number of hydrogen-bond acceptors (Lipinski definition) is 3. The zero-order valence-corrected chi connectivity index (χ0v) is 13.7. The third kappa shape index (κ3) is 5.47. The van der Waals surface area contributed by atoms with E-state index < -0.39 is 0 Å². The number of piperidine rings is 1. The Labute approximate surface area is 137 Å². The van der Waals surface area contributed by atoms with Gasteiger partial charge in [-0.3, -0.25) is 4.79 Å². The van der Waals surface area contributed by atoms with Crippen LogP contribution in [-0.2, 0) is 4.79 Å². The van der Waals surface area contributed by atoms with E-state index in [1.54, 1.807) is 0 Å². The average Bonchev–Trinajstić information content (AvgIpc) is 2.59. The second kappa shape index (κ2) is 9.02. The van der Waals surface area contributed by atoms with Crippen molar-refractivity contribution in [3.8, 4) is 0 Å². The molecule has 0 aliphatic carbocycles. The van der Waals surface area contributed by atoms with Crippen LogP contribution in [0.3, 0.4) is 0 Å². The summed E-state index contributed by atoms with van der Waals surface area (Å²) in [5.41, 5.74) is 1.82. The Morgan fingerprint density at radius 2 is 1.83 bits per heavy atom. The standard InChI is InChI=1S/C17H26N4O2/c1-2-10-18-16(22)13-19-17(23)20-14-8-4-5-9-15(14)21-11-6-3-7-12-21/h4-5,8-9H,2-3,6-7,10-13H2,1H3,(H,18,22)(H2,19,20,23). The molecule has 2 rings (SSSR count). The van der Waals surface area contributed by atoms with E-state index in [2.05, 4.69) is 20.9 Å². The van der Waals surface area contributed by atoms with Crippen LogP contribution in [0, 0.1) is 0 Å². The molecule has 6 heteroatoms. The minimum absolute atomic E-state index is 0.0162. The van der Waals surface area contributed by atoms with E-state index in [4.69, 9.17) is 0 Å². The van der Waals surface area contributed by atoms with Gasteiger partial charge in [-0.25, -0.2) is 4.79 Å². The number of rotatable bonds is 6. The summed E-state index contributed by atoms with van der Waals surface area (Å²) in [4.78, 5) is 25.8. The molecule has 0 radical (unpaired) electrons. The van der Waals surface area contributed by atoms with Crippen LogP contribution in [0.5, 0.6) is 0 Å². The molecule has 1 aliphatic rings. The van der Waals surface area contributed by atoms with Crippen LogP contribution in [0.2, 0.25) is 0 Å². The van der Waals surface area contributed by atoms with Crippen LogP contribution in [0.4, 0.5) is 16.2 Å². The van der Waals surface area contributed by atoms with E-state index in [0.717, 1.165) is 30.9 Å². The van der Waals surface area contributed by atoms with E-state index in [1.807, 2.05) is 31.2 Å². The van der Waals surface area contributed by atoms with Crippen molar-refractivity contribution in [2.75, 3.05) is 36.4 Å². The summed E-state index contributed by atoms with van der Waals surface area (Å²) in [6.45, 7) is 4.62. The van der Waals surface area contributed by atoms with Gasteiger partial charge in [0.2, 0.25) is 5.91 Å². The molecular weight excluding hydrogens is 292 g/mol. The SMILES string of the molecule is CCCNC(=O)CNC(=O)Nc1ccccc1N1CCCCC1. The molecule has 1 saturated heterocycles. The summed E-state index contributed by atoms with van der Waals surface area (Å²) in [5.74, 6) is -0.175. The van der Waals surface area contributed by atoms with Gasteiger partial charge in [0.15, 0.2) is 0 Å². The maximum Gasteiger partial charge on any atom is 0.319 e. The molecule has 3 N–H and O–H groups in total. The first kappa shape index (κ1) is 17.1. The van der Waals surface area contributed by atoms with Gasteiger partial charge in [-0.15, -0.1) is 0 Å². The molecule has 0 aromatic heterocycles. The monoisotopic (exact) mass is 318 g/mol. The predicted molar refractivity (Wildman–Crippen MR) is 92.8 cm³/mol. The largest absolute Gasteiger partial charge is 0.370 e. The Hall–Kier alpha value is -2.24. The Kier molecular flexibility index (Phi) is 6.72. The summed E-state index contributed by atoms with van der Waals surface area (Å²) in [6, 6.07) is 7.43. The van der Waals surface area contributed by atoms with E-state index in [0.29, 0.717) is 6.54 Å². The molecule has 1 fully saturated rings. The van der Waals surface area contributed by atoms with Gasteiger partial charge in [0.25, 0.3) is 0 Å². The zero-order chi connectivity index (χ0) is 16.5. The van der Waals surface area contributed by atoms with Gasteiger partial charge in [-0.1, -0.05) is 19.1 Å². The van der Waals surface area contributed by atoms with E-state index in [-0.39, 0.29) is 18.5 Å². The molecule has 1 aliphatic heterocycles. The normalized spacial score (nSPS) is 14.2. The van der Waals surface area contributed by atoms with Crippen LogP contribution in [0.25, 0.3) is 0 Å². The molecule has 0 bridgehead atoms. The first-order valence-electron chi connectivity index (χ1n) is 8.36. The van der Waals surface area contributed by atoms with Gasteiger partial charge in [0.05, 0.1) is 17.9 Å². The Balaban J connectivity index is 1.89. The highest BCUT2D eigenvalue weighted by atomic mass is 16.2. The number of para-hydroxylation sites is 2. The summed E-state index contributed by atoms with van der Waals surface area (Å²) in [7, 11) is 0. The number of carbonyl (C=O) groups is 2. The topological polar surface area (TPSA) is 73.5 Å². The van der Waals surface area contributed by atoms with Gasteiger partial charge in [0, 0.05) is 19.6 Å². The van der Waals surface area contributed by atoms with Gasteiger partial charge < -0.3 is 20.9 Å². The Bertz CT molecular complexity index is 527. The van der Waals surface area contributed by atoms with Crippen molar-refractivity contribution in [1.29, 1.82) is 0 Å². The van der Waals surface area contributed by atoms with Gasteiger partial charge in [-0.05, 0) is 37.8 Å². The summed E-state index contributed by atoms with van der Waals surface area (Å²) in [5, 5.41) is 8.16. The minimum Gasteiger partial charge on any atom is -0.370 e. The number of anilines is 2. The molecule has 0 spiro atoms. The average molecular weight is 318 g/mol. The second-order valence-corrected chi connectivity index (χ2v) is 5.72. The Morgan fingerprint density at radius 1 is 1.09 bits per heavy atom. The second-order valence-electron chi connectivity index (χ2n) is 5.72. The fourth-order valence-electron chi connectivity index (χ4n) is 2.64. The van der Waals surface area contributed by atoms with Crippen molar-refractivity contribution in [3.05, 3.63) is 24.3 Å². The maximum atomic E-state index is 12.0. The zero-order valence-electron chi connectivity index (χ0n) is 13.7. The molecular formula is C17H26N4O2. The van der Waals surface area contributed by atoms with Crippen molar-refractivity contribution in [1.82, 2.24) is 10.6 Å². The molecule has 0 atom stereocenters. The molecule has 1 heterocycles. The third-order valence-corrected chi connectivity index (χ3v) is 3.83. The molecule has 0 unspecified atom stereocenters. The highest BCUT2D eigenvalue weighted by molar-refractivity contribution is 5.95. The van der Waals surface area contributed by atoms with E-state index in [9.17, 15) is 9.59 Å². The van der Waals surface area contributed by atoms with Crippen molar-refractivity contribution in [2.24, 2.45) is 0 Å². The lowest BCUT2D eigenvalue weighted by Crippen LogP contribution is -2.39. The van der Waals surface area contributed by atoms with Gasteiger partial charge in [-0.2, -0.15) is 0 Å². The number of benzene rings is 1. The van der Waals surface area contributed by atoms with Gasteiger partial charge >= 0.3 is 6.03 Å². The van der Waals surface area contributed by atoms with Crippen LogP contribution in [0.15, 0.2) is 24.3 Å². The van der Waals surface area contributed by atoms with Crippen LogP contribution in [0.1, 0.15) is 32.6 Å². The fourth-order valence-corrected chi connectivity index (χ4v) is 2.64. The number of amides is 3. The molecule has 3 amide bonds. The van der Waals surface area contributed by atoms with Crippen LogP contribution < -0.4 is 20.9 Å². The lowest BCUT2D eigenvalue weighted by Gasteiger charge is -2.30. The van der Waals surface area contributed by atoms with Crippen molar-refractivity contribution in [2.45, 2.75) is 32.6 Å². The number of hydrogen-bond donors (Lipinski definition) is 3. The highest BCUT2D eigenvalue weighted by Gasteiger charge is 2.15. The van der Waals surface area contributed by atoms with Crippen LogP contribution >= 0.6 is 0 Å². The van der Waals surface area contributed by atoms with Crippen LogP contribution in [-0.4, -0.2) is 38.1 Å². The molecule has 6 nitrogen and oxygen atoms in total. The number of nitrogens with zero attached hydrogens (tertiary/aromatic N) is 1. The summed E-state index contributed by atoms with van der Waals surface area (Å²) >= 11 is 0. The van der Waals surface area contributed by atoms with Crippen molar-refractivity contribution in [3.63, 3.8) is 0 Å². The van der Waals surface area contributed by atoms with Crippen molar-refractivity contribution < 1.29 is 9.59 Å². The molecule has 23 heavy (non-hydrogen) atoms. The Morgan fingerprint density at radius 3 is 2.57 bits per heavy atom. The summed E-state index contributed by atoms with van der Waals surface area (Å²) in [6.07, 6.45) is 4.50. The molecule has 1 aromatic rings. The molecule has 1 aromatic carbocycles. The maximum absolute atomic E-state index is 12.0. The lowest BCUT2D eigenvalue weighted by molar-refractivity contribution is -0.120. The fraction of sp³-hybridized carbons (Fsp3) is 0.529.